The molecule has 1 fully saturated rings. The van der Waals surface area contributed by atoms with Gasteiger partial charge in [-0.05, 0) is 18.6 Å². The fourth-order valence-electron chi connectivity index (χ4n) is 2.04. The van der Waals surface area contributed by atoms with Crippen molar-refractivity contribution < 1.29 is 14.6 Å². The third kappa shape index (κ3) is 5.36. The van der Waals surface area contributed by atoms with Gasteiger partial charge >= 0.3 is 0 Å². The molecular weight excluding hydrogens is 315 g/mol. The van der Waals surface area contributed by atoms with Crippen molar-refractivity contribution in [2.24, 2.45) is 0 Å². The van der Waals surface area contributed by atoms with Crippen molar-refractivity contribution >= 4 is 29.1 Å². The van der Waals surface area contributed by atoms with Gasteiger partial charge in [0.15, 0.2) is 0 Å². The van der Waals surface area contributed by atoms with Gasteiger partial charge in [-0.25, -0.2) is 0 Å². The van der Waals surface area contributed by atoms with Crippen molar-refractivity contribution in [1.82, 2.24) is 10.6 Å². The molecule has 0 spiro atoms. The molecule has 2 atom stereocenters. The molecule has 1 aromatic rings. The molecule has 0 aromatic heterocycles. The number of aliphatic hydroxyl groups excluding tert-OH is 1. The Kier molecular flexibility index (Phi) is 6.11. The molecule has 0 aliphatic carbocycles. The Morgan fingerprint density at radius 1 is 1.48 bits per heavy atom. The van der Waals surface area contributed by atoms with Crippen LogP contribution in [0.2, 0.25) is 10.0 Å². The highest BCUT2D eigenvalue weighted by molar-refractivity contribution is 6.34. The fraction of sp³-hybridized carbons (Fsp3) is 0.500. The van der Waals surface area contributed by atoms with Crippen molar-refractivity contribution in [2.45, 2.75) is 25.0 Å². The number of nitrogens with one attached hydrogen (secondary N) is 2. The molecule has 1 amide bonds. The molecule has 21 heavy (non-hydrogen) atoms. The van der Waals surface area contributed by atoms with Gasteiger partial charge < -0.3 is 20.5 Å². The summed E-state index contributed by atoms with van der Waals surface area (Å²) >= 11 is 11.8. The number of carbonyl (C=O) groups is 1. The molecule has 1 heterocycles. The van der Waals surface area contributed by atoms with Crippen LogP contribution in [0, 0.1) is 0 Å². The van der Waals surface area contributed by atoms with Crippen LogP contribution < -0.4 is 15.4 Å². The molecule has 3 N–H and O–H groups in total. The molecule has 2 unspecified atom stereocenters. The van der Waals surface area contributed by atoms with Gasteiger partial charge in [-0.15, -0.1) is 0 Å². The summed E-state index contributed by atoms with van der Waals surface area (Å²) in [5.74, 6) is 0.528. The minimum Gasteiger partial charge on any atom is -0.489 e. The Morgan fingerprint density at radius 2 is 2.29 bits per heavy atom. The van der Waals surface area contributed by atoms with E-state index in [4.69, 9.17) is 27.9 Å². The Morgan fingerprint density at radius 3 is 3.00 bits per heavy atom. The minimum absolute atomic E-state index is 0.0764. The monoisotopic (exact) mass is 332 g/mol. The van der Waals surface area contributed by atoms with E-state index in [1.807, 2.05) is 0 Å². The number of amides is 1. The van der Waals surface area contributed by atoms with E-state index in [1.165, 1.54) is 0 Å². The number of ether oxygens (including phenoxy) is 1. The molecule has 116 valence electrons. The summed E-state index contributed by atoms with van der Waals surface area (Å²) < 4.78 is 5.46. The number of benzene rings is 1. The summed E-state index contributed by atoms with van der Waals surface area (Å²) in [5.41, 5.74) is 0. The molecule has 1 aliphatic heterocycles. The van der Waals surface area contributed by atoms with E-state index in [-0.39, 0.29) is 18.6 Å². The van der Waals surface area contributed by atoms with Gasteiger partial charge in [0.1, 0.15) is 18.5 Å². The second-order valence-electron chi connectivity index (χ2n) is 4.99. The SMILES string of the molecule is O=C1CCC(NCC(O)COc2cc(Cl)ccc2Cl)CN1. The van der Waals surface area contributed by atoms with Gasteiger partial charge in [0, 0.05) is 36.6 Å². The lowest BCUT2D eigenvalue weighted by atomic mass is 10.1. The van der Waals surface area contributed by atoms with E-state index in [0.29, 0.717) is 35.3 Å². The molecule has 7 heteroatoms. The first-order chi connectivity index (χ1) is 10.0. The molecule has 1 aliphatic rings. The first kappa shape index (κ1) is 16.4. The highest BCUT2D eigenvalue weighted by atomic mass is 35.5. The Balaban J connectivity index is 1.71. The minimum atomic E-state index is -0.669. The summed E-state index contributed by atoms with van der Waals surface area (Å²) in [6.07, 6.45) is 0.625. The Labute approximate surface area is 133 Å². The maximum atomic E-state index is 11.0. The van der Waals surface area contributed by atoms with Gasteiger partial charge in [-0.2, -0.15) is 0 Å². The zero-order chi connectivity index (χ0) is 15.2. The molecule has 5 nitrogen and oxygen atoms in total. The molecule has 0 radical (unpaired) electrons. The van der Waals surface area contributed by atoms with Gasteiger partial charge in [0.2, 0.25) is 5.91 Å². The van der Waals surface area contributed by atoms with Crippen molar-refractivity contribution in [1.29, 1.82) is 0 Å². The number of aliphatic hydroxyl groups is 1. The average Bonchev–Trinajstić information content (AvgIpc) is 2.47. The Hall–Kier alpha value is -1.01. The fourth-order valence-corrected chi connectivity index (χ4v) is 2.38. The van der Waals surface area contributed by atoms with Crippen molar-refractivity contribution in [3.8, 4) is 5.75 Å². The quantitative estimate of drug-likeness (QED) is 0.740. The van der Waals surface area contributed by atoms with Crippen molar-refractivity contribution in [3.63, 3.8) is 0 Å². The van der Waals surface area contributed by atoms with Gasteiger partial charge in [0.05, 0.1) is 5.02 Å². The molecule has 1 saturated heterocycles. The summed E-state index contributed by atoms with van der Waals surface area (Å²) in [6.45, 7) is 1.09. The van der Waals surface area contributed by atoms with Crippen LogP contribution in [0.25, 0.3) is 0 Å². The largest absolute Gasteiger partial charge is 0.489 e. The standard InChI is InChI=1S/C14H18Cl2N2O3/c15-9-1-3-12(16)13(5-9)21-8-11(19)7-17-10-2-4-14(20)18-6-10/h1,3,5,10-11,17,19H,2,4,6-8H2,(H,18,20). The normalized spacial score (nSPS) is 20.0. The number of halogens is 2. The summed E-state index contributed by atoms with van der Waals surface area (Å²) in [5, 5.41) is 16.9. The third-order valence-corrected chi connectivity index (χ3v) is 3.78. The highest BCUT2D eigenvalue weighted by Gasteiger charge is 2.18. The molecule has 2 rings (SSSR count). The average molecular weight is 333 g/mol. The lowest BCUT2D eigenvalue weighted by Crippen LogP contribution is -2.48. The number of piperidine rings is 1. The summed E-state index contributed by atoms with van der Waals surface area (Å²) in [4.78, 5) is 11.0. The van der Waals surface area contributed by atoms with E-state index in [2.05, 4.69) is 10.6 Å². The predicted molar refractivity (Wildman–Crippen MR) is 82.0 cm³/mol. The smallest absolute Gasteiger partial charge is 0.220 e. The molecule has 1 aromatic carbocycles. The van der Waals surface area contributed by atoms with E-state index >= 15 is 0 Å². The predicted octanol–water partition coefficient (Wildman–Crippen LogP) is 1.60. The van der Waals surface area contributed by atoms with Crippen LogP contribution in [0.5, 0.6) is 5.75 Å². The maximum Gasteiger partial charge on any atom is 0.220 e. The zero-order valence-corrected chi connectivity index (χ0v) is 13.0. The topological polar surface area (TPSA) is 70.6 Å². The van der Waals surface area contributed by atoms with Crippen molar-refractivity contribution in [2.75, 3.05) is 19.7 Å². The van der Waals surface area contributed by atoms with Crippen LogP contribution >= 0.6 is 23.2 Å². The Bertz CT molecular complexity index is 489. The molecule has 0 saturated carbocycles. The van der Waals surface area contributed by atoms with E-state index < -0.39 is 6.10 Å². The second kappa shape index (κ2) is 7.84. The van der Waals surface area contributed by atoms with Crippen LogP contribution in [0.3, 0.4) is 0 Å². The molecular formula is C14H18Cl2N2O3. The van der Waals surface area contributed by atoms with E-state index in [0.717, 1.165) is 6.42 Å². The zero-order valence-electron chi connectivity index (χ0n) is 11.4. The highest BCUT2D eigenvalue weighted by Crippen LogP contribution is 2.27. The van der Waals surface area contributed by atoms with Crippen LogP contribution in [-0.2, 0) is 4.79 Å². The van der Waals surface area contributed by atoms with Gasteiger partial charge in [0.25, 0.3) is 0 Å². The van der Waals surface area contributed by atoms with Crippen molar-refractivity contribution in [3.05, 3.63) is 28.2 Å². The van der Waals surface area contributed by atoms with Gasteiger partial charge in [-0.1, -0.05) is 23.2 Å². The number of carbonyl (C=O) groups excluding carboxylic acids is 1. The lowest BCUT2D eigenvalue weighted by molar-refractivity contribution is -0.122. The second-order valence-corrected chi connectivity index (χ2v) is 5.83. The van der Waals surface area contributed by atoms with E-state index in [1.54, 1.807) is 18.2 Å². The summed E-state index contributed by atoms with van der Waals surface area (Å²) in [7, 11) is 0. The van der Waals surface area contributed by atoms with Gasteiger partial charge in [-0.3, -0.25) is 4.79 Å². The van der Waals surface area contributed by atoms with Crippen LogP contribution in [0.1, 0.15) is 12.8 Å². The van der Waals surface area contributed by atoms with E-state index in [9.17, 15) is 9.90 Å². The van der Waals surface area contributed by atoms with Crippen LogP contribution in [-0.4, -0.2) is 42.9 Å². The number of hydrogen-bond donors (Lipinski definition) is 3. The molecule has 0 bridgehead atoms. The lowest BCUT2D eigenvalue weighted by Gasteiger charge is -2.24. The maximum absolute atomic E-state index is 11.0. The first-order valence-electron chi connectivity index (χ1n) is 6.80. The van der Waals surface area contributed by atoms with Crippen LogP contribution in [0.4, 0.5) is 0 Å². The third-order valence-electron chi connectivity index (χ3n) is 3.23. The summed E-state index contributed by atoms with van der Waals surface area (Å²) in [6, 6.07) is 5.12. The van der Waals surface area contributed by atoms with Crippen LogP contribution in [0.15, 0.2) is 18.2 Å². The number of hydrogen-bond acceptors (Lipinski definition) is 4. The first-order valence-corrected chi connectivity index (χ1v) is 7.56. The number of rotatable bonds is 6.